The Labute approximate surface area is 706 Å². The van der Waals surface area contributed by atoms with Crippen LogP contribution in [0.15, 0.2) is 0 Å². The lowest BCUT2D eigenvalue weighted by Crippen LogP contribution is -2.61. The molecule has 6 saturated heterocycles. The van der Waals surface area contributed by atoms with E-state index in [1.165, 1.54) is 64.2 Å². The van der Waals surface area contributed by atoms with Crippen LogP contribution in [0.3, 0.4) is 0 Å². The summed E-state index contributed by atoms with van der Waals surface area (Å²) >= 11 is 0. The van der Waals surface area contributed by atoms with Crippen molar-refractivity contribution < 1.29 is 115 Å². The van der Waals surface area contributed by atoms with E-state index < -0.39 is 130 Å². The van der Waals surface area contributed by atoms with Gasteiger partial charge in [-0.3, -0.25) is 28.8 Å². The summed E-state index contributed by atoms with van der Waals surface area (Å²) in [5.74, 6) is 1.03. The zero-order chi connectivity index (χ0) is 88.3. The minimum atomic E-state index is -1.07. The zero-order valence-electron chi connectivity index (χ0n) is 77.7. The molecule has 2 N–H and O–H groups in total. The maximum absolute atomic E-state index is 12.4. The van der Waals surface area contributed by atoms with Gasteiger partial charge in [0.15, 0.2) is 48.6 Å². The van der Waals surface area contributed by atoms with Crippen LogP contribution < -0.4 is 0 Å². The lowest BCUT2D eigenvalue weighted by Gasteiger charge is -2.59. The van der Waals surface area contributed by atoms with Gasteiger partial charge in [0.25, 0.3) is 0 Å². The van der Waals surface area contributed by atoms with Crippen molar-refractivity contribution in [2.24, 2.45) is 79.8 Å². The topological polar surface area (TPSA) is 306 Å². The Morgan fingerprint density at radius 2 is 0.627 bits per heavy atom. The molecule has 16 aliphatic rings. The Morgan fingerprint density at radius 3 is 0.890 bits per heavy atom. The Bertz CT molecular complexity index is 3270. The molecule has 118 heavy (non-hydrogen) atoms. The lowest BCUT2D eigenvalue weighted by atomic mass is 9.52. The summed E-state index contributed by atoms with van der Waals surface area (Å²) in [6, 6.07) is 0. The van der Waals surface area contributed by atoms with Crippen molar-refractivity contribution in [1.29, 1.82) is 0 Å². The van der Waals surface area contributed by atoms with Crippen molar-refractivity contribution in [3.63, 3.8) is 0 Å². The summed E-state index contributed by atoms with van der Waals surface area (Å²) in [6.45, 7) is 54.7. The van der Waals surface area contributed by atoms with E-state index in [1.807, 2.05) is 96.9 Å². The molecule has 16 rings (SSSR count). The monoisotopic (exact) mass is 1670 g/mol. The van der Waals surface area contributed by atoms with E-state index in [4.69, 9.17) is 66.3 Å². The first-order valence-corrected chi connectivity index (χ1v) is 45.4. The second-order valence-corrected chi connectivity index (χ2v) is 44.4. The molecule has 10 aliphatic carbocycles. The second-order valence-electron chi connectivity index (χ2n) is 44.4. The molecule has 10 saturated carbocycles. The molecule has 8 bridgehead atoms. The number of aliphatic hydroxyl groups is 2. The van der Waals surface area contributed by atoms with Crippen LogP contribution in [0, 0.1) is 79.8 Å². The molecule has 14 unspecified atom stereocenters. The van der Waals surface area contributed by atoms with Crippen LogP contribution in [0.2, 0.25) is 0 Å². The molecule has 16 fully saturated rings. The maximum Gasteiger partial charge on any atom is 0.350 e. The van der Waals surface area contributed by atoms with Gasteiger partial charge in [-0.25, -0.2) is 9.59 Å². The van der Waals surface area contributed by atoms with Crippen LogP contribution in [0.25, 0.3) is 0 Å². The highest BCUT2D eigenvalue weighted by Gasteiger charge is 2.67. The third kappa shape index (κ3) is 22.6. The molecule has 0 amide bonds. The SMILES string of the molecule is CCC(C)(C)C(=O)OC(C)(C)C1CCC(C)CC1.CCC(C)(C)C(=O)OC(C)(C)C1CCC(C)CC1.CCC(C)(C)C(=O)OC12CC3CC(CC(O)(C3)C1)C2.CCC(C)(C)C(=O)OC12CC3CC(CC(O)(C3)C1)C2.CCC(C)(C)C(=O)OC1C(=O)OC2C3OC(C)(C)OC3OC12.CCC(C)(C)C(=O)OC1C(=O)OC2C3OC(C)(C)OC3OC12. The van der Waals surface area contributed by atoms with Crippen LogP contribution in [-0.4, -0.2) is 165 Å². The molecule has 24 nitrogen and oxygen atoms in total. The number of rotatable bonds is 20. The van der Waals surface area contributed by atoms with Gasteiger partial charge in [-0.2, -0.15) is 0 Å². The standard InChI is InChI=1S/2C16H26O3.2C16H30O2.2C15H22O7/c2*1-4-14(2,3)13(17)19-16-8-11-5-12(9-16)7-15(18,6-11)10-16;2*1-7-15(3,4)14(17)18-16(5,6)13-10-8-12(2)9-11-13;2*1-6-14(2,3)13(17)20-9-7-8(18-11(9)16)10-12(19-7)22-15(4,5)21-10/h2*11-12,18H,4-10H2,1-3H3;2*12-13H,7-11H2,1-6H3;2*7-10,12H,6H2,1-5H3. The summed E-state index contributed by atoms with van der Waals surface area (Å²) in [4.78, 5) is 97.6. The number of ether oxygens (including phenoxy) is 14. The summed E-state index contributed by atoms with van der Waals surface area (Å²) in [6.07, 6.45) is 18.6. The Balaban J connectivity index is 0.000000162. The third-order valence-corrected chi connectivity index (χ3v) is 30.0. The summed E-state index contributed by atoms with van der Waals surface area (Å²) < 4.78 is 79.0. The first-order chi connectivity index (χ1) is 54.2. The van der Waals surface area contributed by atoms with Crippen molar-refractivity contribution in [3.8, 4) is 0 Å². The molecule has 0 aromatic rings. The summed E-state index contributed by atoms with van der Waals surface area (Å²) in [5.41, 5.74) is -5.33. The minimum Gasteiger partial charge on any atom is -0.459 e. The van der Waals surface area contributed by atoms with Crippen molar-refractivity contribution >= 4 is 47.8 Å². The fourth-order valence-electron chi connectivity index (χ4n) is 20.1. The number of esters is 8. The number of carbonyl (C=O) groups excluding carboxylic acids is 8. The van der Waals surface area contributed by atoms with E-state index in [0.29, 0.717) is 61.2 Å². The highest BCUT2D eigenvalue weighted by Crippen LogP contribution is 2.61. The Kier molecular flexibility index (Phi) is 29.5. The quantitative estimate of drug-likeness (QED) is 0.0845. The molecule has 6 heterocycles. The minimum absolute atomic E-state index is 0.0476. The van der Waals surface area contributed by atoms with Gasteiger partial charge < -0.3 is 76.5 Å². The number of fused-ring (bicyclic) bond motifs is 6. The second kappa shape index (κ2) is 35.8. The van der Waals surface area contributed by atoms with Gasteiger partial charge in [0.05, 0.1) is 43.7 Å². The molecule has 0 spiro atoms. The summed E-state index contributed by atoms with van der Waals surface area (Å²) in [7, 11) is 0. The highest BCUT2D eigenvalue weighted by atomic mass is 16.9. The zero-order valence-corrected chi connectivity index (χ0v) is 77.7. The van der Waals surface area contributed by atoms with Crippen molar-refractivity contribution in [1.82, 2.24) is 0 Å². The van der Waals surface area contributed by atoms with E-state index in [0.717, 1.165) is 88.9 Å². The predicted molar refractivity (Wildman–Crippen MR) is 441 cm³/mol. The van der Waals surface area contributed by atoms with Gasteiger partial charge in [0.1, 0.15) is 34.6 Å². The lowest BCUT2D eigenvalue weighted by molar-refractivity contribution is -0.226. The van der Waals surface area contributed by atoms with Crippen LogP contribution in [0.5, 0.6) is 0 Å². The van der Waals surface area contributed by atoms with Crippen LogP contribution in [0.1, 0.15) is 361 Å². The van der Waals surface area contributed by atoms with E-state index in [-0.39, 0.29) is 57.1 Å². The highest BCUT2D eigenvalue weighted by molar-refractivity contribution is 5.85. The molecular formula is C94H156O24. The van der Waals surface area contributed by atoms with Gasteiger partial charge in [-0.15, -0.1) is 0 Å². The van der Waals surface area contributed by atoms with Crippen molar-refractivity contribution in [3.05, 3.63) is 0 Å². The summed E-state index contributed by atoms with van der Waals surface area (Å²) in [5, 5.41) is 21.3. The normalized spacial score (nSPS) is 36.9. The predicted octanol–water partition coefficient (Wildman–Crippen LogP) is 17.5. The largest absolute Gasteiger partial charge is 0.459 e. The molecule has 676 valence electrons. The Morgan fingerprint density at radius 1 is 0.364 bits per heavy atom. The molecule has 6 aliphatic heterocycles. The van der Waals surface area contributed by atoms with Crippen molar-refractivity contribution in [2.75, 3.05) is 0 Å². The van der Waals surface area contributed by atoms with E-state index in [1.54, 1.807) is 55.4 Å². The maximum atomic E-state index is 12.4. The number of carbonyl (C=O) groups is 8. The van der Waals surface area contributed by atoms with Crippen molar-refractivity contribution in [2.45, 2.75) is 467 Å². The first-order valence-electron chi connectivity index (χ1n) is 45.4. The van der Waals surface area contributed by atoms with Gasteiger partial charge in [0, 0.05) is 12.8 Å². The fourth-order valence-corrected chi connectivity index (χ4v) is 20.1. The molecule has 24 heteroatoms. The van der Waals surface area contributed by atoms with Gasteiger partial charge in [-0.1, -0.05) is 81.1 Å². The van der Waals surface area contributed by atoms with Gasteiger partial charge in [0.2, 0.25) is 12.2 Å². The smallest absolute Gasteiger partial charge is 0.350 e. The van der Waals surface area contributed by atoms with Crippen LogP contribution >= 0.6 is 0 Å². The van der Waals surface area contributed by atoms with E-state index >= 15 is 0 Å². The number of hydrogen-bond donors (Lipinski definition) is 2. The molecular weight excluding hydrogens is 1510 g/mol. The molecule has 0 aromatic heterocycles. The number of hydrogen-bond acceptors (Lipinski definition) is 24. The molecule has 0 aromatic carbocycles. The molecule has 14 atom stereocenters. The Hall–Kier alpha value is -4.56. The van der Waals surface area contributed by atoms with Gasteiger partial charge in [-0.05, 0) is 314 Å². The average Bonchev–Trinajstić information content (AvgIpc) is 1.24. The van der Waals surface area contributed by atoms with E-state index in [2.05, 4.69) is 41.5 Å². The van der Waals surface area contributed by atoms with Gasteiger partial charge >= 0.3 is 47.8 Å². The van der Waals surface area contributed by atoms with E-state index in [9.17, 15) is 48.6 Å². The first kappa shape index (κ1) is 97.2. The molecule has 0 radical (unpaired) electrons. The fraction of sp³-hybridized carbons (Fsp3) is 0.915. The average molecular weight is 1670 g/mol. The third-order valence-electron chi connectivity index (χ3n) is 30.0. The van der Waals surface area contributed by atoms with Crippen LogP contribution in [0.4, 0.5) is 0 Å². The van der Waals surface area contributed by atoms with Crippen LogP contribution in [-0.2, 0) is 105 Å².